The van der Waals surface area contributed by atoms with E-state index in [1.54, 1.807) is 17.2 Å². The number of hydrogen-bond donors (Lipinski definition) is 3. The summed E-state index contributed by atoms with van der Waals surface area (Å²) in [6.45, 7) is 6.68. The van der Waals surface area contributed by atoms with Crippen molar-refractivity contribution in [2.75, 3.05) is 38.0 Å². The van der Waals surface area contributed by atoms with Gasteiger partial charge in [0.1, 0.15) is 12.1 Å². The van der Waals surface area contributed by atoms with Crippen LogP contribution in [0, 0.1) is 0 Å². The molecular weight excluding hydrogens is 493 g/mol. The van der Waals surface area contributed by atoms with Gasteiger partial charge in [-0.25, -0.2) is 9.97 Å². The summed E-state index contributed by atoms with van der Waals surface area (Å²) in [5.74, 6) is 1.71. The molecule has 3 N–H and O–H groups in total. The molecule has 0 aromatic carbocycles. The molecule has 1 aliphatic carbocycles. The average molecular weight is 527 g/mol. The maximum absolute atomic E-state index is 4.75. The van der Waals surface area contributed by atoms with Crippen molar-refractivity contribution in [2.24, 2.45) is 12.0 Å². The number of halogens is 1. The SMILES string of the molecule is CCNC(=NCCNc1ncnc2c1cnn2C)NC1CCN(C2CCCC2)C1.I. The van der Waals surface area contributed by atoms with E-state index in [0.29, 0.717) is 19.1 Å². The Bertz CT molecular complexity index is 831. The summed E-state index contributed by atoms with van der Waals surface area (Å²) in [7, 11) is 1.88. The third kappa shape index (κ3) is 5.51. The number of anilines is 1. The molecule has 4 rings (SSSR count). The van der Waals surface area contributed by atoms with Gasteiger partial charge in [0.15, 0.2) is 11.6 Å². The van der Waals surface area contributed by atoms with Crippen LogP contribution in [0.2, 0.25) is 0 Å². The zero-order chi connectivity index (χ0) is 20.1. The Morgan fingerprint density at radius 1 is 1.23 bits per heavy atom. The maximum Gasteiger partial charge on any atom is 0.191 e. The summed E-state index contributed by atoms with van der Waals surface area (Å²) in [5.41, 5.74) is 0.828. The molecule has 30 heavy (non-hydrogen) atoms. The second-order valence-corrected chi connectivity index (χ2v) is 7.98. The largest absolute Gasteiger partial charge is 0.367 e. The molecule has 1 atom stereocenters. The van der Waals surface area contributed by atoms with Gasteiger partial charge >= 0.3 is 0 Å². The molecule has 3 heterocycles. The Hall–Kier alpha value is -1.69. The van der Waals surface area contributed by atoms with Crippen molar-refractivity contribution in [1.29, 1.82) is 0 Å². The topological polar surface area (TPSA) is 95.3 Å². The Balaban J connectivity index is 0.00000256. The Morgan fingerprint density at radius 2 is 2.07 bits per heavy atom. The van der Waals surface area contributed by atoms with Gasteiger partial charge in [0, 0.05) is 45.3 Å². The van der Waals surface area contributed by atoms with Gasteiger partial charge in [-0.1, -0.05) is 12.8 Å². The lowest BCUT2D eigenvalue weighted by Crippen LogP contribution is -2.45. The lowest BCUT2D eigenvalue weighted by molar-refractivity contribution is 0.242. The van der Waals surface area contributed by atoms with Crippen molar-refractivity contribution >= 4 is 46.8 Å². The van der Waals surface area contributed by atoms with Crippen LogP contribution >= 0.6 is 24.0 Å². The van der Waals surface area contributed by atoms with Gasteiger partial charge in [0.25, 0.3) is 0 Å². The highest BCUT2D eigenvalue weighted by Gasteiger charge is 2.30. The summed E-state index contributed by atoms with van der Waals surface area (Å²) < 4.78 is 1.75. The highest BCUT2D eigenvalue weighted by Crippen LogP contribution is 2.26. The van der Waals surface area contributed by atoms with Crippen LogP contribution in [0.1, 0.15) is 39.0 Å². The summed E-state index contributed by atoms with van der Waals surface area (Å²) in [6, 6.07) is 1.29. The van der Waals surface area contributed by atoms with Crippen LogP contribution in [-0.4, -0.2) is 75.4 Å². The molecule has 0 bridgehead atoms. The molecule has 2 fully saturated rings. The second kappa shape index (κ2) is 11.1. The fourth-order valence-corrected chi connectivity index (χ4v) is 4.46. The predicted octanol–water partition coefficient (Wildman–Crippen LogP) is 1.97. The minimum Gasteiger partial charge on any atom is -0.367 e. The number of rotatable bonds is 7. The third-order valence-electron chi connectivity index (χ3n) is 5.95. The molecule has 2 aliphatic rings. The number of nitrogens with one attached hydrogen (secondary N) is 3. The number of hydrogen-bond acceptors (Lipinski definition) is 6. The molecule has 2 aromatic heterocycles. The van der Waals surface area contributed by atoms with Crippen LogP contribution < -0.4 is 16.0 Å². The minimum absolute atomic E-state index is 0. The second-order valence-electron chi connectivity index (χ2n) is 7.98. The van der Waals surface area contributed by atoms with Crippen LogP contribution in [0.5, 0.6) is 0 Å². The number of guanidine groups is 1. The van der Waals surface area contributed by atoms with E-state index in [1.165, 1.54) is 38.6 Å². The summed E-state index contributed by atoms with van der Waals surface area (Å²) in [4.78, 5) is 16.0. The fourth-order valence-electron chi connectivity index (χ4n) is 4.46. The minimum atomic E-state index is 0. The molecule has 10 heteroatoms. The van der Waals surface area contributed by atoms with Crippen molar-refractivity contribution in [1.82, 2.24) is 35.3 Å². The fraction of sp³-hybridized carbons (Fsp3) is 0.700. The van der Waals surface area contributed by atoms with E-state index >= 15 is 0 Å². The summed E-state index contributed by atoms with van der Waals surface area (Å²) >= 11 is 0. The number of nitrogens with zero attached hydrogens (tertiary/aromatic N) is 6. The Kier molecular flexibility index (Phi) is 8.49. The number of fused-ring (bicyclic) bond motifs is 1. The smallest absolute Gasteiger partial charge is 0.191 e. The molecule has 1 saturated heterocycles. The van der Waals surface area contributed by atoms with E-state index in [0.717, 1.165) is 41.9 Å². The predicted molar refractivity (Wildman–Crippen MR) is 132 cm³/mol. The van der Waals surface area contributed by atoms with E-state index in [4.69, 9.17) is 4.99 Å². The van der Waals surface area contributed by atoms with E-state index < -0.39 is 0 Å². The van der Waals surface area contributed by atoms with Gasteiger partial charge in [-0.3, -0.25) is 14.6 Å². The Morgan fingerprint density at radius 3 is 2.87 bits per heavy atom. The van der Waals surface area contributed by atoms with E-state index in [2.05, 4.69) is 42.8 Å². The van der Waals surface area contributed by atoms with Crippen LogP contribution in [-0.2, 0) is 7.05 Å². The van der Waals surface area contributed by atoms with Gasteiger partial charge in [-0.15, -0.1) is 24.0 Å². The average Bonchev–Trinajstić information content (AvgIpc) is 3.47. The Labute approximate surface area is 195 Å². The molecule has 2 aromatic rings. The van der Waals surface area contributed by atoms with Crippen LogP contribution in [0.3, 0.4) is 0 Å². The van der Waals surface area contributed by atoms with Crippen LogP contribution in [0.25, 0.3) is 11.0 Å². The summed E-state index contributed by atoms with van der Waals surface area (Å²) in [5, 5.41) is 15.6. The normalized spacial score (nSPS) is 20.5. The monoisotopic (exact) mass is 527 g/mol. The molecule has 0 spiro atoms. The zero-order valence-electron chi connectivity index (χ0n) is 18.0. The molecule has 1 aliphatic heterocycles. The first-order valence-corrected chi connectivity index (χ1v) is 10.9. The first-order valence-electron chi connectivity index (χ1n) is 10.9. The molecule has 0 radical (unpaired) electrons. The first kappa shape index (κ1) is 23.0. The van der Waals surface area contributed by atoms with Gasteiger partial charge in [0.2, 0.25) is 0 Å². The van der Waals surface area contributed by atoms with E-state index in [1.807, 2.05) is 7.05 Å². The molecule has 0 amide bonds. The van der Waals surface area contributed by atoms with Crippen molar-refractivity contribution in [3.8, 4) is 0 Å². The molecule has 1 unspecified atom stereocenters. The zero-order valence-corrected chi connectivity index (χ0v) is 20.3. The van der Waals surface area contributed by atoms with Gasteiger partial charge in [-0.2, -0.15) is 5.10 Å². The standard InChI is InChI=1S/C20H33N9.HI/c1-3-21-20(27-15-8-11-29(13-15)16-6-4-5-7-16)23-10-9-22-18-17-12-26-28(2)19(17)25-14-24-18;/h12,14-16H,3-11,13H2,1-2H3,(H2,21,23,27)(H,22,24,25);1H. The van der Waals surface area contributed by atoms with Gasteiger partial charge < -0.3 is 16.0 Å². The maximum atomic E-state index is 4.75. The quantitative estimate of drug-likeness (QED) is 0.219. The van der Waals surface area contributed by atoms with Gasteiger partial charge in [-0.05, 0) is 26.2 Å². The van der Waals surface area contributed by atoms with Crippen molar-refractivity contribution < 1.29 is 0 Å². The van der Waals surface area contributed by atoms with Crippen molar-refractivity contribution in [3.63, 3.8) is 0 Å². The van der Waals surface area contributed by atoms with Crippen LogP contribution in [0.4, 0.5) is 5.82 Å². The lowest BCUT2D eigenvalue weighted by Gasteiger charge is -2.24. The molecule has 1 saturated carbocycles. The number of aromatic nitrogens is 4. The lowest BCUT2D eigenvalue weighted by atomic mass is 10.2. The molecular formula is C20H34IN9. The number of aryl methyl sites for hydroxylation is 1. The van der Waals surface area contributed by atoms with E-state index in [-0.39, 0.29) is 24.0 Å². The molecule has 9 nitrogen and oxygen atoms in total. The van der Waals surface area contributed by atoms with E-state index in [9.17, 15) is 0 Å². The molecule has 166 valence electrons. The van der Waals surface area contributed by atoms with Gasteiger partial charge in [0.05, 0.1) is 18.1 Å². The first-order chi connectivity index (χ1) is 14.2. The third-order valence-corrected chi connectivity index (χ3v) is 5.95. The number of aliphatic imine (C=N–C) groups is 1. The summed E-state index contributed by atoms with van der Waals surface area (Å²) in [6.07, 6.45) is 10.1. The number of likely N-dealkylation sites (tertiary alicyclic amines) is 1. The highest BCUT2D eigenvalue weighted by atomic mass is 127. The highest BCUT2D eigenvalue weighted by molar-refractivity contribution is 14.0. The van der Waals surface area contributed by atoms with Crippen molar-refractivity contribution in [3.05, 3.63) is 12.5 Å². The van der Waals surface area contributed by atoms with Crippen LogP contribution in [0.15, 0.2) is 17.5 Å². The van der Waals surface area contributed by atoms with Crippen molar-refractivity contribution in [2.45, 2.75) is 51.1 Å².